The summed E-state index contributed by atoms with van der Waals surface area (Å²) >= 11 is 2.43. The van der Waals surface area contributed by atoms with Gasteiger partial charge in [-0.25, -0.2) is 24.2 Å². The van der Waals surface area contributed by atoms with Gasteiger partial charge in [-0.1, -0.05) is 11.6 Å². The molecule has 2 aromatic carbocycles. The van der Waals surface area contributed by atoms with E-state index in [1.54, 1.807) is 19.2 Å². The average molecular weight is 854 g/mol. The Labute approximate surface area is 344 Å². The highest BCUT2D eigenvalue weighted by atomic mass is 32.2. The molecule has 0 spiro atoms. The molecule has 3 atom stereocenters. The van der Waals surface area contributed by atoms with E-state index in [9.17, 15) is 38.9 Å². The van der Waals surface area contributed by atoms with Crippen molar-refractivity contribution in [3.05, 3.63) is 80.8 Å². The van der Waals surface area contributed by atoms with Gasteiger partial charge in [0.15, 0.2) is 10.8 Å². The minimum absolute atomic E-state index is 0.0366. The largest absolute Gasteiger partial charge is 0.445 e. The number of thiazole rings is 1. The van der Waals surface area contributed by atoms with E-state index < -0.39 is 76.3 Å². The molecular formula is C37H39N7O13S2. The maximum absolute atomic E-state index is 13.5. The van der Waals surface area contributed by atoms with Crippen LogP contribution in [0.25, 0.3) is 0 Å². The van der Waals surface area contributed by atoms with Crippen molar-refractivity contribution >= 4 is 75.4 Å². The average Bonchev–Trinajstić information content (AvgIpc) is 3.76. The summed E-state index contributed by atoms with van der Waals surface area (Å²) < 4.78 is 19.7. The number of non-ortho nitro benzene ring substituents is 1. The lowest BCUT2D eigenvalue weighted by molar-refractivity contribution is -0.384. The third-order valence-corrected chi connectivity index (χ3v) is 11.6. The molecule has 1 aliphatic carbocycles. The fourth-order valence-corrected chi connectivity index (χ4v) is 8.59. The molecule has 3 fully saturated rings. The number of thioether (sulfide) groups is 1. The molecule has 2 saturated heterocycles. The Morgan fingerprint density at radius 3 is 2.39 bits per heavy atom. The second-order valence-electron chi connectivity index (χ2n) is 14.0. The number of nitrogens with one attached hydrogen (secondary N) is 2. The molecule has 1 saturated carbocycles. The van der Waals surface area contributed by atoms with Crippen molar-refractivity contribution in [1.29, 1.82) is 0 Å². The Bertz CT molecular complexity index is 2120. The number of oxime groups is 1. The monoisotopic (exact) mass is 853 g/mol. The summed E-state index contributed by atoms with van der Waals surface area (Å²) in [7, 11) is 0. The van der Waals surface area contributed by atoms with Crippen molar-refractivity contribution in [3.8, 4) is 5.75 Å². The van der Waals surface area contributed by atoms with E-state index in [0.717, 1.165) is 43.4 Å². The van der Waals surface area contributed by atoms with Crippen molar-refractivity contribution < 1.29 is 57.5 Å². The van der Waals surface area contributed by atoms with Gasteiger partial charge < -0.3 is 45.1 Å². The van der Waals surface area contributed by atoms with Crippen molar-refractivity contribution in [3.63, 3.8) is 0 Å². The van der Waals surface area contributed by atoms with Crippen molar-refractivity contribution in [2.24, 2.45) is 5.16 Å². The number of hydrogen-bond donors (Lipinski definition) is 3. The highest BCUT2D eigenvalue weighted by Gasteiger charge is 2.64. The van der Waals surface area contributed by atoms with Gasteiger partial charge >= 0.3 is 24.0 Å². The zero-order valence-corrected chi connectivity index (χ0v) is 33.3. The van der Waals surface area contributed by atoms with Gasteiger partial charge in [-0.2, -0.15) is 0 Å². The van der Waals surface area contributed by atoms with Gasteiger partial charge in [0.05, 0.1) is 10.5 Å². The van der Waals surface area contributed by atoms with E-state index in [2.05, 4.69) is 20.8 Å². The first kappa shape index (κ1) is 42.3. The van der Waals surface area contributed by atoms with Crippen LogP contribution < -0.4 is 21.1 Å². The third-order valence-electron chi connectivity index (χ3n) is 9.38. The number of nitro benzene ring substituents is 1. The second kappa shape index (κ2) is 18.5. The maximum atomic E-state index is 13.5. The molecule has 312 valence electrons. The predicted molar refractivity (Wildman–Crippen MR) is 209 cm³/mol. The molecule has 0 bridgehead atoms. The fourth-order valence-electron chi connectivity index (χ4n) is 6.42. The van der Waals surface area contributed by atoms with Crippen LogP contribution in [0.5, 0.6) is 5.75 Å². The van der Waals surface area contributed by atoms with E-state index in [1.165, 1.54) is 65.2 Å². The molecule has 6 rings (SSSR count). The van der Waals surface area contributed by atoms with Crippen molar-refractivity contribution in [2.45, 2.75) is 80.9 Å². The molecule has 0 radical (unpaired) electrons. The topological polar surface area (TPSA) is 270 Å². The number of amides is 3. The number of nitrogens with two attached hydrogens (primary N) is 1. The van der Waals surface area contributed by atoms with E-state index >= 15 is 0 Å². The van der Waals surface area contributed by atoms with Gasteiger partial charge in [0.25, 0.3) is 11.6 Å². The van der Waals surface area contributed by atoms with Crippen molar-refractivity contribution in [1.82, 2.24) is 20.5 Å². The number of alkyl carbamates (subject to hydrolysis) is 1. The van der Waals surface area contributed by atoms with Gasteiger partial charge in [-0.15, -0.1) is 23.1 Å². The second-order valence-corrected chi connectivity index (χ2v) is 16.6. The lowest BCUT2D eigenvalue weighted by Crippen LogP contribution is -2.71. The molecule has 3 heterocycles. The molecule has 2 aliphatic heterocycles. The minimum Gasteiger partial charge on any atom is -0.445 e. The number of carbonyl (C=O) groups is 6. The quantitative estimate of drug-likeness (QED) is 0.0376. The van der Waals surface area contributed by atoms with E-state index in [0.29, 0.717) is 5.56 Å². The van der Waals surface area contributed by atoms with E-state index in [4.69, 9.17) is 29.5 Å². The lowest BCUT2D eigenvalue weighted by atomic mass is 9.96. The number of benzene rings is 2. The summed E-state index contributed by atoms with van der Waals surface area (Å²) in [6.07, 6.45) is 3.66. The van der Waals surface area contributed by atoms with Gasteiger partial charge in [-0.05, 0) is 81.5 Å². The summed E-state index contributed by atoms with van der Waals surface area (Å²) in [6, 6.07) is 8.56. The molecule has 3 aliphatic rings. The number of rotatable bonds is 15. The fraction of sp³-hybridized carbons (Fsp3) is 0.405. The number of β-lactam (4-membered cyclic amide) rings is 1. The number of anilines is 1. The number of esters is 3. The van der Waals surface area contributed by atoms with Crippen LogP contribution in [0.15, 0.2) is 59.1 Å². The Morgan fingerprint density at radius 2 is 1.73 bits per heavy atom. The molecule has 20 nitrogen and oxygen atoms in total. The van der Waals surface area contributed by atoms with Crippen LogP contribution >= 0.6 is 23.1 Å². The molecule has 59 heavy (non-hydrogen) atoms. The number of nitrogen functional groups attached to an aromatic ring is 1. The maximum Gasteiger partial charge on any atom is 0.407 e. The van der Waals surface area contributed by atoms with Crippen LogP contribution in [0.3, 0.4) is 0 Å². The summed E-state index contributed by atoms with van der Waals surface area (Å²) in [5, 5.41) is 21.0. The number of carbonyl (C=O) groups excluding carboxylic acids is 6. The van der Waals surface area contributed by atoms with Crippen LogP contribution in [0.4, 0.5) is 15.6 Å². The summed E-state index contributed by atoms with van der Waals surface area (Å²) in [5.74, 6) is -3.66. The summed E-state index contributed by atoms with van der Waals surface area (Å²) in [4.78, 5) is 98.4. The summed E-state index contributed by atoms with van der Waals surface area (Å²) in [5.41, 5.74) is 6.33. The molecule has 0 unspecified atom stereocenters. The van der Waals surface area contributed by atoms with E-state index in [-0.39, 0.29) is 46.2 Å². The number of aromatic nitrogens is 1. The Morgan fingerprint density at radius 1 is 1.02 bits per heavy atom. The van der Waals surface area contributed by atoms with Crippen LogP contribution in [0, 0.1) is 10.1 Å². The molecule has 1 aromatic heterocycles. The normalized spacial score (nSPS) is 19.7. The SMILES string of the molecule is CC1(C)S[C@@H]2[C@H](NC(=O)/C(=N\OC3CCCCC3)c3csc(N)n3)C(=O)N2[C@H]1C(=O)OCOC(=O)c1ccc(OC(=O)CNC(=O)OCc2ccc([N+](=O)[O-])cc2)cc1. The van der Waals surface area contributed by atoms with Crippen molar-refractivity contribution in [2.75, 3.05) is 19.1 Å². The minimum atomic E-state index is -1.06. The number of nitro groups is 1. The zero-order valence-electron chi connectivity index (χ0n) is 31.7. The molecule has 22 heteroatoms. The highest BCUT2D eigenvalue weighted by Crippen LogP contribution is 2.51. The number of fused-ring (bicyclic) bond motifs is 1. The zero-order chi connectivity index (χ0) is 42.3. The first-order chi connectivity index (χ1) is 28.2. The first-order valence-electron chi connectivity index (χ1n) is 18.2. The van der Waals surface area contributed by atoms with Gasteiger partial charge in [0.1, 0.15) is 48.2 Å². The standard InChI is InChI=1S/C37H39N7O13S2/c1-37(2)29(43-31(47)28(32(43)59-37)41-30(46)27(25-18-58-35(38)40-25)42-57-24-6-4-3-5-7-24)34(49)55-19-54-33(48)21-10-14-23(15-11-21)56-26(45)16-39-36(50)53-17-20-8-12-22(13-9-20)44(51)52/h8-15,18,24,28-29,32H,3-7,16-17,19H2,1-2H3,(H2,38,40)(H,39,50)(H,41,46)/b42-27-/t28-,29+,32-/m1/s1. The lowest BCUT2D eigenvalue weighted by Gasteiger charge is -2.43. The Kier molecular flexibility index (Phi) is 13.3. The summed E-state index contributed by atoms with van der Waals surface area (Å²) in [6.45, 7) is 2.02. The van der Waals surface area contributed by atoms with Crippen LogP contribution in [0.2, 0.25) is 0 Å². The number of nitrogens with zero attached hydrogens (tertiary/aromatic N) is 4. The molecular weight excluding hydrogens is 815 g/mol. The smallest absolute Gasteiger partial charge is 0.407 e. The third kappa shape index (κ3) is 10.4. The van der Waals surface area contributed by atoms with Gasteiger partial charge in [0, 0.05) is 22.3 Å². The highest BCUT2D eigenvalue weighted by molar-refractivity contribution is 8.01. The molecule has 4 N–H and O–H groups in total. The van der Waals surface area contributed by atoms with Gasteiger partial charge in [-0.3, -0.25) is 19.7 Å². The van der Waals surface area contributed by atoms with E-state index in [1.807, 2.05) is 0 Å². The van der Waals surface area contributed by atoms with Crippen LogP contribution in [-0.4, -0.2) is 98.0 Å². The molecule has 3 amide bonds. The Hall–Kier alpha value is -6.29. The van der Waals surface area contributed by atoms with Crippen LogP contribution in [0.1, 0.15) is 67.6 Å². The van der Waals surface area contributed by atoms with Gasteiger partial charge in [0.2, 0.25) is 12.7 Å². The Balaban J connectivity index is 0.937. The number of ether oxygens (including phenoxy) is 4. The first-order valence-corrected chi connectivity index (χ1v) is 20.0. The van der Waals surface area contributed by atoms with Crippen LogP contribution in [-0.2, 0) is 44.8 Å². The predicted octanol–water partition coefficient (Wildman–Crippen LogP) is 3.42. The molecule has 3 aromatic rings. The number of hydrogen-bond acceptors (Lipinski definition) is 18.